The molecule has 90 valence electrons. The molecule has 0 amide bonds. The van der Waals surface area contributed by atoms with Crippen molar-refractivity contribution in [1.82, 2.24) is 4.90 Å². The van der Waals surface area contributed by atoms with E-state index in [0.717, 1.165) is 13.0 Å². The van der Waals surface area contributed by atoms with E-state index in [1.807, 2.05) is 0 Å². The van der Waals surface area contributed by atoms with Crippen molar-refractivity contribution in [2.24, 2.45) is 11.7 Å². The predicted octanol–water partition coefficient (Wildman–Crippen LogP) is 2.45. The average molecular weight is 220 g/mol. The maximum absolute atomic E-state index is 5.78. The molecule has 16 heavy (non-hydrogen) atoms. The van der Waals surface area contributed by atoms with Crippen LogP contribution in [0.1, 0.15) is 31.0 Å². The minimum absolute atomic E-state index is 0.413. The third kappa shape index (κ3) is 3.06. The molecule has 0 aliphatic carbocycles. The van der Waals surface area contributed by atoms with E-state index in [9.17, 15) is 0 Å². The summed E-state index contributed by atoms with van der Waals surface area (Å²) < 4.78 is 0. The van der Waals surface area contributed by atoms with E-state index in [1.165, 1.54) is 11.1 Å². The van der Waals surface area contributed by atoms with Gasteiger partial charge in [-0.2, -0.15) is 0 Å². The summed E-state index contributed by atoms with van der Waals surface area (Å²) in [5.74, 6) is 0.475. The van der Waals surface area contributed by atoms with E-state index in [-0.39, 0.29) is 0 Å². The molecule has 0 radical (unpaired) electrons. The molecule has 0 bridgehead atoms. The highest BCUT2D eigenvalue weighted by atomic mass is 15.1. The van der Waals surface area contributed by atoms with Crippen LogP contribution in [0, 0.1) is 5.92 Å². The summed E-state index contributed by atoms with van der Waals surface area (Å²) >= 11 is 0. The second-order valence-corrected chi connectivity index (χ2v) is 4.72. The zero-order valence-electron chi connectivity index (χ0n) is 10.9. The van der Waals surface area contributed by atoms with Crippen molar-refractivity contribution >= 4 is 0 Å². The van der Waals surface area contributed by atoms with E-state index in [4.69, 9.17) is 5.73 Å². The highest BCUT2D eigenvalue weighted by molar-refractivity contribution is 5.25. The quantitative estimate of drug-likeness (QED) is 0.826. The van der Waals surface area contributed by atoms with Gasteiger partial charge < -0.3 is 10.6 Å². The minimum Gasteiger partial charge on any atom is -0.330 e. The van der Waals surface area contributed by atoms with Crippen LogP contribution in [0.4, 0.5) is 0 Å². The topological polar surface area (TPSA) is 29.3 Å². The van der Waals surface area contributed by atoms with Crippen LogP contribution < -0.4 is 5.73 Å². The second-order valence-electron chi connectivity index (χ2n) is 4.72. The van der Waals surface area contributed by atoms with Crippen LogP contribution in [0.2, 0.25) is 0 Å². The lowest BCUT2D eigenvalue weighted by Crippen LogP contribution is -2.30. The molecule has 0 spiro atoms. The largest absolute Gasteiger partial charge is 0.330 e. The number of benzene rings is 1. The van der Waals surface area contributed by atoms with Crippen LogP contribution in [0.25, 0.3) is 0 Å². The van der Waals surface area contributed by atoms with Gasteiger partial charge in [-0.3, -0.25) is 0 Å². The Balaban J connectivity index is 2.92. The Morgan fingerprint density at radius 2 is 1.75 bits per heavy atom. The Morgan fingerprint density at radius 1 is 1.19 bits per heavy atom. The highest BCUT2D eigenvalue weighted by Gasteiger charge is 2.19. The molecule has 0 heterocycles. The van der Waals surface area contributed by atoms with Crippen molar-refractivity contribution in [3.63, 3.8) is 0 Å². The van der Waals surface area contributed by atoms with Crippen LogP contribution in [-0.2, 0) is 6.42 Å². The molecule has 2 nitrogen and oxygen atoms in total. The first-order chi connectivity index (χ1) is 7.60. The molecule has 0 fully saturated rings. The summed E-state index contributed by atoms with van der Waals surface area (Å²) in [7, 11) is 4.23. The summed E-state index contributed by atoms with van der Waals surface area (Å²) in [4.78, 5) is 2.25. The molecule has 2 heteroatoms. The van der Waals surface area contributed by atoms with E-state index in [2.05, 4.69) is 57.1 Å². The van der Waals surface area contributed by atoms with Crippen LogP contribution in [-0.4, -0.2) is 25.5 Å². The fourth-order valence-corrected chi connectivity index (χ4v) is 2.22. The molecule has 0 aromatic heterocycles. The summed E-state index contributed by atoms with van der Waals surface area (Å²) in [5.41, 5.74) is 8.53. The van der Waals surface area contributed by atoms with Gasteiger partial charge in [0.1, 0.15) is 0 Å². The van der Waals surface area contributed by atoms with Gasteiger partial charge in [0, 0.05) is 6.04 Å². The van der Waals surface area contributed by atoms with Crippen LogP contribution in [0.5, 0.6) is 0 Å². The van der Waals surface area contributed by atoms with Gasteiger partial charge in [-0.1, -0.05) is 38.1 Å². The average Bonchev–Trinajstić information content (AvgIpc) is 2.29. The van der Waals surface area contributed by atoms with Gasteiger partial charge in [0.2, 0.25) is 0 Å². The number of nitrogens with zero attached hydrogens (tertiary/aromatic N) is 1. The van der Waals surface area contributed by atoms with Crippen LogP contribution >= 0.6 is 0 Å². The first-order valence-electron chi connectivity index (χ1n) is 6.05. The predicted molar refractivity (Wildman–Crippen MR) is 70.5 cm³/mol. The fraction of sp³-hybridized carbons (Fsp3) is 0.571. The molecule has 0 aliphatic rings. The van der Waals surface area contributed by atoms with Gasteiger partial charge >= 0.3 is 0 Å². The van der Waals surface area contributed by atoms with Crippen molar-refractivity contribution in [3.8, 4) is 0 Å². The molecule has 0 aliphatic heterocycles. The van der Waals surface area contributed by atoms with Gasteiger partial charge in [-0.25, -0.2) is 0 Å². The van der Waals surface area contributed by atoms with Crippen molar-refractivity contribution in [3.05, 3.63) is 35.4 Å². The Labute approximate surface area is 99.5 Å². The Morgan fingerprint density at radius 3 is 2.12 bits per heavy atom. The lowest BCUT2D eigenvalue weighted by Gasteiger charge is -2.30. The monoisotopic (exact) mass is 220 g/mol. The summed E-state index contributed by atoms with van der Waals surface area (Å²) in [6.45, 7) is 5.11. The number of nitrogens with two attached hydrogens (primary N) is 1. The van der Waals surface area contributed by atoms with Gasteiger partial charge in [0.15, 0.2) is 0 Å². The van der Waals surface area contributed by atoms with Crippen molar-refractivity contribution in [2.75, 3.05) is 20.6 Å². The molecular weight excluding hydrogens is 196 g/mol. The van der Waals surface area contributed by atoms with E-state index in [0.29, 0.717) is 12.0 Å². The van der Waals surface area contributed by atoms with Crippen LogP contribution in [0.15, 0.2) is 24.3 Å². The molecule has 2 atom stereocenters. The highest BCUT2D eigenvalue weighted by Crippen LogP contribution is 2.26. The van der Waals surface area contributed by atoms with Crippen molar-refractivity contribution < 1.29 is 0 Å². The molecule has 1 aromatic rings. The first kappa shape index (κ1) is 13.2. The molecule has 1 aromatic carbocycles. The summed E-state index contributed by atoms with van der Waals surface area (Å²) in [6, 6.07) is 9.31. The molecule has 1 rings (SSSR count). The number of aryl methyl sites for hydroxylation is 1. The van der Waals surface area contributed by atoms with Crippen LogP contribution in [0.3, 0.4) is 0 Å². The first-order valence-corrected chi connectivity index (χ1v) is 6.05. The Hall–Kier alpha value is -0.860. The Kier molecular flexibility index (Phi) is 4.97. The maximum atomic E-state index is 5.78. The lowest BCUT2D eigenvalue weighted by atomic mass is 9.93. The number of hydrogen-bond acceptors (Lipinski definition) is 2. The second kappa shape index (κ2) is 6.02. The molecule has 2 N–H and O–H groups in total. The van der Waals surface area contributed by atoms with E-state index < -0.39 is 0 Å². The molecular formula is C14H24N2. The SMILES string of the molecule is CCc1ccc(C(C(C)CN)N(C)C)cc1. The molecule has 0 saturated heterocycles. The van der Waals surface area contributed by atoms with Crippen molar-refractivity contribution in [1.29, 1.82) is 0 Å². The van der Waals surface area contributed by atoms with Gasteiger partial charge in [-0.05, 0) is 44.1 Å². The van der Waals surface area contributed by atoms with Gasteiger partial charge in [0.05, 0.1) is 0 Å². The van der Waals surface area contributed by atoms with E-state index >= 15 is 0 Å². The number of hydrogen-bond donors (Lipinski definition) is 1. The number of rotatable bonds is 5. The molecule has 0 saturated carbocycles. The van der Waals surface area contributed by atoms with Crippen molar-refractivity contribution in [2.45, 2.75) is 26.3 Å². The normalized spacial score (nSPS) is 15.1. The summed E-state index contributed by atoms with van der Waals surface area (Å²) in [5, 5.41) is 0. The molecule has 2 unspecified atom stereocenters. The minimum atomic E-state index is 0.413. The van der Waals surface area contributed by atoms with E-state index in [1.54, 1.807) is 0 Å². The lowest BCUT2D eigenvalue weighted by molar-refractivity contribution is 0.227. The standard InChI is InChI=1S/C14H24N2/c1-5-12-6-8-13(9-7-12)14(16(3)4)11(2)10-15/h6-9,11,14H,5,10,15H2,1-4H3. The van der Waals surface area contributed by atoms with Gasteiger partial charge in [0.25, 0.3) is 0 Å². The maximum Gasteiger partial charge on any atom is 0.0379 e. The zero-order valence-corrected chi connectivity index (χ0v) is 10.9. The fourth-order valence-electron chi connectivity index (χ4n) is 2.22. The third-order valence-corrected chi connectivity index (χ3v) is 3.20. The Bertz CT molecular complexity index is 303. The smallest absolute Gasteiger partial charge is 0.0379 e. The van der Waals surface area contributed by atoms with Gasteiger partial charge in [-0.15, -0.1) is 0 Å². The third-order valence-electron chi connectivity index (χ3n) is 3.20. The summed E-state index contributed by atoms with van der Waals surface area (Å²) in [6.07, 6.45) is 1.10. The zero-order chi connectivity index (χ0) is 12.1.